The van der Waals surface area contributed by atoms with Crippen LogP contribution in [0.15, 0.2) is 12.3 Å². The maximum atomic E-state index is 4.19. The van der Waals surface area contributed by atoms with Gasteiger partial charge in [-0.2, -0.15) is 5.10 Å². The number of hydrogen-bond acceptors (Lipinski definition) is 2. The standard InChI is InChI=1S/C13H25N3/c1-5-9-14-12(3)11(2)6-7-13-8-10-15-16(13)4/h8,10-12,14H,5-7,9H2,1-4H3. The molecule has 0 spiro atoms. The van der Waals surface area contributed by atoms with E-state index in [1.54, 1.807) is 0 Å². The summed E-state index contributed by atoms with van der Waals surface area (Å²) in [5.74, 6) is 0.710. The van der Waals surface area contributed by atoms with Gasteiger partial charge in [0.1, 0.15) is 0 Å². The summed E-state index contributed by atoms with van der Waals surface area (Å²) in [5.41, 5.74) is 1.33. The van der Waals surface area contributed by atoms with Crippen LogP contribution in [0.4, 0.5) is 0 Å². The van der Waals surface area contributed by atoms with Crippen molar-refractivity contribution < 1.29 is 0 Å². The molecule has 1 aromatic rings. The number of hydrogen-bond donors (Lipinski definition) is 1. The largest absolute Gasteiger partial charge is 0.314 e. The maximum Gasteiger partial charge on any atom is 0.0492 e. The van der Waals surface area contributed by atoms with Crippen LogP contribution in [0.25, 0.3) is 0 Å². The number of aromatic nitrogens is 2. The Morgan fingerprint density at radius 1 is 1.44 bits per heavy atom. The summed E-state index contributed by atoms with van der Waals surface area (Å²) in [6.45, 7) is 7.94. The van der Waals surface area contributed by atoms with Crippen LogP contribution in [0.3, 0.4) is 0 Å². The predicted octanol–water partition coefficient (Wildman–Crippen LogP) is 2.38. The van der Waals surface area contributed by atoms with Crippen LogP contribution in [0.1, 0.15) is 39.3 Å². The molecule has 1 aromatic heterocycles. The van der Waals surface area contributed by atoms with Crippen molar-refractivity contribution in [2.75, 3.05) is 6.54 Å². The summed E-state index contributed by atoms with van der Waals surface area (Å²) in [6.07, 6.45) is 5.42. The van der Waals surface area contributed by atoms with Gasteiger partial charge in [-0.3, -0.25) is 4.68 Å². The highest BCUT2D eigenvalue weighted by atomic mass is 15.2. The zero-order chi connectivity index (χ0) is 12.0. The summed E-state index contributed by atoms with van der Waals surface area (Å²) in [7, 11) is 2.01. The van der Waals surface area contributed by atoms with Crippen molar-refractivity contribution in [2.45, 2.75) is 46.1 Å². The molecule has 1 rings (SSSR count). The normalized spacial score (nSPS) is 15.0. The molecule has 0 aromatic carbocycles. The van der Waals surface area contributed by atoms with Gasteiger partial charge in [-0.25, -0.2) is 0 Å². The van der Waals surface area contributed by atoms with E-state index in [1.165, 1.54) is 18.5 Å². The molecule has 1 heterocycles. The van der Waals surface area contributed by atoms with Gasteiger partial charge in [0.05, 0.1) is 0 Å². The molecule has 3 nitrogen and oxygen atoms in total. The predicted molar refractivity (Wildman–Crippen MR) is 68.4 cm³/mol. The lowest BCUT2D eigenvalue weighted by atomic mass is 9.97. The average Bonchev–Trinajstić information content (AvgIpc) is 2.68. The fraction of sp³-hybridized carbons (Fsp3) is 0.769. The van der Waals surface area contributed by atoms with Crippen LogP contribution in [-0.4, -0.2) is 22.4 Å². The Hall–Kier alpha value is -0.830. The van der Waals surface area contributed by atoms with E-state index in [2.05, 4.69) is 37.3 Å². The monoisotopic (exact) mass is 223 g/mol. The second kappa shape index (κ2) is 6.69. The van der Waals surface area contributed by atoms with Gasteiger partial charge in [0.2, 0.25) is 0 Å². The number of nitrogens with zero attached hydrogens (tertiary/aromatic N) is 2. The molecule has 0 radical (unpaired) electrons. The number of aryl methyl sites for hydroxylation is 2. The molecule has 0 aliphatic heterocycles. The van der Waals surface area contributed by atoms with E-state index >= 15 is 0 Å². The molecule has 2 atom stereocenters. The molecular formula is C13H25N3. The lowest BCUT2D eigenvalue weighted by Crippen LogP contribution is -2.32. The summed E-state index contributed by atoms with van der Waals surface area (Å²) in [4.78, 5) is 0. The highest BCUT2D eigenvalue weighted by Gasteiger charge is 2.11. The molecule has 0 bridgehead atoms. The third kappa shape index (κ3) is 3.97. The molecule has 0 saturated heterocycles. The first-order valence-corrected chi connectivity index (χ1v) is 6.35. The fourth-order valence-electron chi connectivity index (χ4n) is 1.85. The minimum Gasteiger partial charge on any atom is -0.314 e. The summed E-state index contributed by atoms with van der Waals surface area (Å²) < 4.78 is 1.97. The van der Waals surface area contributed by atoms with Crippen LogP contribution in [0, 0.1) is 5.92 Å². The van der Waals surface area contributed by atoms with Crippen molar-refractivity contribution in [3.63, 3.8) is 0 Å². The second-order valence-corrected chi connectivity index (χ2v) is 4.70. The van der Waals surface area contributed by atoms with Crippen molar-refractivity contribution in [3.05, 3.63) is 18.0 Å². The van der Waals surface area contributed by atoms with Gasteiger partial charge < -0.3 is 5.32 Å². The highest BCUT2D eigenvalue weighted by molar-refractivity contribution is 5.00. The first-order chi connectivity index (χ1) is 7.65. The maximum absolute atomic E-state index is 4.19. The van der Waals surface area contributed by atoms with Crippen molar-refractivity contribution in [3.8, 4) is 0 Å². The minimum absolute atomic E-state index is 0.605. The van der Waals surface area contributed by atoms with Crippen molar-refractivity contribution in [1.82, 2.24) is 15.1 Å². The quantitative estimate of drug-likeness (QED) is 0.769. The first-order valence-electron chi connectivity index (χ1n) is 6.35. The number of rotatable bonds is 7. The van der Waals surface area contributed by atoms with Gasteiger partial charge >= 0.3 is 0 Å². The Morgan fingerprint density at radius 2 is 2.19 bits per heavy atom. The molecule has 2 unspecified atom stereocenters. The average molecular weight is 223 g/mol. The molecule has 16 heavy (non-hydrogen) atoms. The third-order valence-electron chi connectivity index (χ3n) is 3.35. The van der Waals surface area contributed by atoms with E-state index in [1.807, 2.05) is 17.9 Å². The van der Waals surface area contributed by atoms with Crippen LogP contribution < -0.4 is 5.32 Å². The smallest absolute Gasteiger partial charge is 0.0492 e. The SMILES string of the molecule is CCCNC(C)C(C)CCc1ccnn1C. The number of nitrogens with one attached hydrogen (secondary N) is 1. The van der Waals surface area contributed by atoms with Gasteiger partial charge in [0.15, 0.2) is 0 Å². The van der Waals surface area contributed by atoms with Gasteiger partial charge in [-0.15, -0.1) is 0 Å². The molecule has 3 heteroatoms. The van der Waals surface area contributed by atoms with Crippen molar-refractivity contribution in [1.29, 1.82) is 0 Å². The minimum atomic E-state index is 0.605. The van der Waals surface area contributed by atoms with Gasteiger partial charge in [-0.05, 0) is 44.7 Å². The zero-order valence-electron chi connectivity index (χ0n) is 11.0. The van der Waals surface area contributed by atoms with E-state index in [4.69, 9.17) is 0 Å². The van der Waals surface area contributed by atoms with Crippen molar-refractivity contribution >= 4 is 0 Å². The lowest BCUT2D eigenvalue weighted by molar-refractivity contribution is 0.377. The van der Waals surface area contributed by atoms with Crippen LogP contribution >= 0.6 is 0 Å². The summed E-state index contributed by atoms with van der Waals surface area (Å²) >= 11 is 0. The Kier molecular flexibility index (Phi) is 5.53. The van der Waals surface area contributed by atoms with Crippen LogP contribution in [-0.2, 0) is 13.5 Å². The second-order valence-electron chi connectivity index (χ2n) is 4.70. The first kappa shape index (κ1) is 13.2. The Labute approximate surface area is 99.2 Å². The van der Waals surface area contributed by atoms with E-state index in [9.17, 15) is 0 Å². The zero-order valence-corrected chi connectivity index (χ0v) is 11.0. The molecule has 0 aliphatic carbocycles. The van der Waals surface area contributed by atoms with E-state index in [-0.39, 0.29) is 0 Å². The fourth-order valence-corrected chi connectivity index (χ4v) is 1.85. The van der Waals surface area contributed by atoms with E-state index in [0.717, 1.165) is 13.0 Å². The van der Waals surface area contributed by atoms with E-state index < -0.39 is 0 Å². The lowest BCUT2D eigenvalue weighted by Gasteiger charge is -2.21. The van der Waals surface area contributed by atoms with Crippen LogP contribution in [0.2, 0.25) is 0 Å². The van der Waals surface area contributed by atoms with E-state index in [0.29, 0.717) is 12.0 Å². The Bertz CT molecular complexity index is 293. The third-order valence-corrected chi connectivity index (χ3v) is 3.35. The summed E-state index contributed by atoms with van der Waals surface area (Å²) in [6, 6.07) is 2.71. The topological polar surface area (TPSA) is 29.9 Å². The Balaban J connectivity index is 2.29. The molecular weight excluding hydrogens is 198 g/mol. The summed E-state index contributed by atoms with van der Waals surface area (Å²) in [5, 5.41) is 7.74. The highest BCUT2D eigenvalue weighted by Crippen LogP contribution is 2.12. The molecule has 0 amide bonds. The van der Waals surface area contributed by atoms with Crippen LogP contribution in [0.5, 0.6) is 0 Å². The molecule has 92 valence electrons. The van der Waals surface area contributed by atoms with Gasteiger partial charge in [0.25, 0.3) is 0 Å². The van der Waals surface area contributed by atoms with Crippen molar-refractivity contribution in [2.24, 2.45) is 13.0 Å². The Morgan fingerprint density at radius 3 is 2.75 bits per heavy atom. The molecule has 0 fully saturated rings. The molecule has 0 saturated carbocycles. The molecule has 1 N–H and O–H groups in total. The van der Waals surface area contributed by atoms with Gasteiger partial charge in [-0.1, -0.05) is 13.8 Å². The molecule has 0 aliphatic rings. The van der Waals surface area contributed by atoms with Gasteiger partial charge in [0, 0.05) is 25.0 Å².